The van der Waals surface area contributed by atoms with Gasteiger partial charge in [-0.25, -0.2) is 9.80 Å². The molecule has 0 radical (unpaired) electrons. The summed E-state index contributed by atoms with van der Waals surface area (Å²) in [7, 11) is 0. The van der Waals surface area contributed by atoms with Gasteiger partial charge in [0.25, 0.3) is 11.6 Å². The van der Waals surface area contributed by atoms with Crippen LogP contribution in [0.2, 0.25) is 5.02 Å². The summed E-state index contributed by atoms with van der Waals surface area (Å²) in [5, 5.41) is 17.1. The molecule has 10 heteroatoms. The smallest absolute Gasteiger partial charge is 0.338 e. The summed E-state index contributed by atoms with van der Waals surface area (Å²) >= 11 is 5.95. The van der Waals surface area contributed by atoms with Crippen molar-refractivity contribution in [2.75, 3.05) is 6.61 Å². The molecule has 162 valence electrons. The number of nitro groups is 1. The third-order valence-electron chi connectivity index (χ3n) is 4.83. The van der Waals surface area contributed by atoms with Gasteiger partial charge < -0.3 is 9.15 Å². The molecule has 0 fully saturated rings. The second kappa shape index (κ2) is 9.03. The van der Waals surface area contributed by atoms with Crippen molar-refractivity contribution in [3.8, 4) is 0 Å². The molecule has 1 atom stereocenters. The molecule has 0 bridgehead atoms. The topological polar surface area (TPSA) is 115 Å². The zero-order valence-electron chi connectivity index (χ0n) is 16.5. The maximum Gasteiger partial charge on any atom is 0.338 e. The van der Waals surface area contributed by atoms with Gasteiger partial charge in [0.15, 0.2) is 6.61 Å². The molecule has 0 saturated carbocycles. The molecule has 0 saturated heterocycles. The van der Waals surface area contributed by atoms with Crippen LogP contribution in [0.1, 0.15) is 34.1 Å². The van der Waals surface area contributed by atoms with Crippen LogP contribution in [0.5, 0.6) is 0 Å². The quantitative estimate of drug-likeness (QED) is 0.311. The van der Waals surface area contributed by atoms with E-state index in [1.54, 1.807) is 36.4 Å². The second-order valence-corrected chi connectivity index (χ2v) is 7.35. The van der Waals surface area contributed by atoms with Crippen molar-refractivity contribution in [1.82, 2.24) is 5.01 Å². The molecular weight excluding hydrogens is 438 g/mol. The first-order valence-corrected chi connectivity index (χ1v) is 9.90. The molecule has 3 aromatic rings. The van der Waals surface area contributed by atoms with Crippen molar-refractivity contribution in [3.63, 3.8) is 0 Å². The van der Waals surface area contributed by atoms with E-state index in [2.05, 4.69) is 5.10 Å². The average molecular weight is 454 g/mol. The lowest BCUT2D eigenvalue weighted by Crippen LogP contribution is -2.31. The minimum Gasteiger partial charge on any atom is -0.467 e. The number of rotatable bonds is 6. The Labute approximate surface area is 187 Å². The van der Waals surface area contributed by atoms with Gasteiger partial charge in [0, 0.05) is 23.6 Å². The van der Waals surface area contributed by atoms with Gasteiger partial charge >= 0.3 is 5.97 Å². The molecule has 1 aromatic heterocycles. The van der Waals surface area contributed by atoms with Crippen LogP contribution in [0.3, 0.4) is 0 Å². The molecule has 1 aliphatic heterocycles. The SMILES string of the molecule is O=C(OCC(=O)N1N=C(c2ccc(Cl)cc2)C[C@H]1c1ccco1)c1cccc([N+](=O)[O-])c1. The number of hydrogen-bond acceptors (Lipinski definition) is 7. The Hall–Kier alpha value is -3.98. The Balaban J connectivity index is 1.50. The number of amides is 1. The zero-order valence-corrected chi connectivity index (χ0v) is 17.3. The standard InChI is InChI=1S/C22H16ClN3O6/c23-16-8-6-14(7-9-16)18-12-19(20-5-2-10-31-20)25(24-18)21(27)13-32-22(28)15-3-1-4-17(11-15)26(29)30/h1-11,19H,12-13H2/t19-/m0/s1. The summed E-state index contributed by atoms with van der Waals surface area (Å²) < 4.78 is 10.6. The summed E-state index contributed by atoms with van der Waals surface area (Å²) in [5.41, 5.74) is 1.18. The Bertz CT molecular complexity index is 1190. The molecule has 2 heterocycles. The van der Waals surface area contributed by atoms with Crippen LogP contribution in [-0.4, -0.2) is 34.1 Å². The van der Waals surface area contributed by atoms with Crippen molar-refractivity contribution in [2.45, 2.75) is 12.5 Å². The van der Waals surface area contributed by atoms with E-state index in [4.69, 9.17) is 20.8 Å². The molecule has 0 N–H and O–H groups in total. The number of nitro benzene ring substituents is 1. The van der Waals surface area contributed by atoms with Crippen LogP contribution in [0.15, 0.2) is 76.4 Å². The van der Waals surface area contributed by atoms with Gasteiger partial charge in [0.1, 0.15) is 11.8 Å². The van der Waals surface area contributed by atoms with E-state index in [9.17, 15) is 19.7 Å². The molecule has 0 unspecified atom stereocenters. The Kier molecular flexibility index (Phi) is 6.00. The van der Waals surface area contributed by atoms with E-state index in [1.807, 2.05) is 0 Å². The van der Waals surface area contributed by atoms with E-state index in [1.165, 1.54) is 29.5 Å². The number of nitrogens with zero attached hydrogens (tertiary/aromatic N) is 3. The predicted molar refractivity (Wildman–Crippen MR) is 114 cm³/mol. The zero-order chi connectivity index (χ0) is 22.7. The minimum absolute atomic E-state index is 0.0265. The summed E-state index contributed by atoms with van der Waals surface area (Å²) in [6, 6.07) is 15.1. The van der Waals surface area contributed by atoms with Crippen LogP contribution < -0.4 is 0 Å². The second-order valence-electron chi connectivity index (χ2n) is 6.91. The van der Waals surface area contributed by atoms with Gasteiger partial charge in [-0.1, -0.05) is 29.8 Å². The third-order valence-corrected chi connectivity index (χ3v) is 5.09. The number of non-ortho nitro benzene ring substituents is 1. The lowest BCUT2D eigenvalue weighted by atomic mass is 10.0. The molecule has 9 nitrogen and oxygen atoms in total. The number of benzene rings is 2. The highest BCUT2D eigenvalue weighted by Gasteiger charge is 2.35. The molecule has 1 aliphatic rings. The molecular formula is C22H16ClN3O6. The van der Waals surface area contributed by atoms with E-state index >= 15 is 0 Å². The van der Waals surface area contributed by atoms with Crippen LogP contribution in [0.4, 0.5) is 5.69 Å². The first kappa shape index (κ1) is 21.3. The molecule has 2 aromatic carbocycles. The molecule has 0 aliphatic carbocycles. The van der Waals surface area contributed by atoms with Gasteiger partial charge in [-0.15, -0.1) is 0 Å². The van der Waals surface area contributed by atoms with Crippen LogP contribution in [0, 0.1) is 10.1 Å². The van der Waals surface area contributed by atoms with Crippen molar-refractivity contribution in [3.05, 3.63) is 99.0 Å². The fourth-order valence-electron chi connectivity index (χ4n) is 3.28. The van der Waals surface area contributed by atoms with Crippen molar-refractivity contribution in [1.29, 1.82) is 0 Å². The lowest BCUT2D eigenvalue weighted by molar-refractivity contribution is -0.384. The number of esters is 1. The number of ether oxygens (including phenoxy) is 1. The predicted octanol–water partition coefficient (Wildman–Crippen LogP) is 4.38. The summed E-state index contributed by atoms with van der Waals surface area (Å²) in [6.07, 6.45) is 1.90. The highest BCUT2D eigenvalue weighted by molar-refractivity contribution is 6.30. The van der Waals surface area contributed by atoms with E-state index < -0.39 is 29.4 Å². The summed E-state index contributed by atoms with van der Waals surface area (Å²) in [5.74, 6) is -0.872. The Morgan fingerprint density at radius 2 is 1.97 bits per heavy atom. The maximum absolute atomic E-state index is 12.9. The van der Waals surface area contributed by atoms with E-state index in [0.29, 0.717) is 22.9 Å². The van der Waals surface area contributed by atoms with Gasteiger partial charge in [0.05, 0.1) is 22.5 Å². The lowest BCUT2D eigenvalue weighted by Gasteiger charge is -2.19. The third kappa shape index (κ3) is 4.52. The minimum atomic E-state index is -0.849. The molecule has 32 heavy (non-hydrogen) atoms. The fourth-order valence-corrected chi connectivity index (χ4v) is 3.41. The van der Waals surface area contributed by atoms with E-state index in [-0.39, 0.29) is 11.3 Å². The average Bonchev–Trinajstić information content (AvgIpc) is 3.48. The van der Waals surface area contributed by atoms with Crippen molar-refractivity contribution < 1.29 is 23.7 Å². The van der Waals surface area contributed by atoms with Crippen LogP contribution in [0.25, 0.3) is 0 Å². The molecule has 0 spiro atoms. The first-order valence-electron chi connectivity index (χ1n) is 9.53. The number of carbonyl (C=O) groups is 2. The van der Waals surface area contributed by atoms with Gasteiger partial charge in [-0.2, -0.15) is 5.10 Å². The van der Waals surface area contributed by atoms with Gasteiger partial charge in [-0.3, -0.25) is 14.9 Å². The first-order chi connectivity index (χ1) is 15.4. The number of carbonyl (C=O) groups excluding carboxylic acids is 2. The van der Waals surface area contributed by atoms with Gasteiger partial charge in [-0.05, 0) is 35.9 Å². The number of furan rings is 1. The number of hydrazone groups is 1. The van der Waals surface area contributed by atoms with Gasteiger partial charge in [0.2, 0.25) is 0 Å². The summed E-state index contributed by atoms with van der Waals surface area (Å²) in [6.45, 7) is -0.587. The Morgan fingerprint density at radius 3 is 2.66 bits per heavy atom. The largest absolute Gasteiger partial charge is 0.467 e. The molecule has 4 rings (SSSR count). The highest BCUT2D eigenvalue weighted by atomic mass is 35.5. The van der Waals surface area contributed by atoms with Crippen molar-refractivity contribution in [2.24, 2.45) is 5.10 Å². The normalized spacial score (nSPS) is 15.3. The number of hydrogen-bond donors (Lipinski definition) is 0. The summed E-state index contributed by atoms with van der Waals surface area (Å²) in [4.78, 5) is 35.4. The van der Waals surface area contributed by atoms with Crippen LogP contribution in [-0.2, 0) is 9.53 Å². The molecule has 1 amide bonds. The maximum atomic E-state index is 12.9. The highest BCUT2D eigenvalue weighted by Crippen LogP contribution is 2.33. The Morgan fingerprint density at radius 1 is 1.19 bits per heavy atom. The van der Waals surface area contributed by atoms with E-state index in [0.717, 1.165) is 11.6 Å². The monoisotopic (exact) mass is 453 g/mol. The fraction of sp³-hybridized carbons (Fsp3) is 0.136. The number of halogens is 1. The van der Waals surface area contributed by atoms with Crippen molar-refractivity contribution >= 4 is 34.9 Å². The van der Waals surface area contributed by atoms with Crippen LogP contribution >= 0.6 is 11.6 Å².